The van der Waals surface area contributed by atoms with Crippen molar-refractivity contribution in [3.63, 3.8) is 0 Å². The zero-order valence-corrected chi connectivity index (χ0v) is 26.7. The van der Waals surface area contributed by atoms with Crippen molar-refractivity contribution in [3.8, 4) is 6.01 Å². The van der Waals surface area contributed by atoms with E-state index in [0.717, 1.165) is 36.6 Å². The van der Waals surface area contributed by atoms with Gasteiger partial charge in [-0.3, -0.25) is 4.79 Å². The molecule has 0 radical (unpaired) electrons. The van der Waals surface area contributed by atoms with E-state index >= 15 is 0 Å². The summed E-state index contributed by atoms with van der Waals surface area (Å²) in [6, 6.07) is 13.8. The van der Waals surface area contributed by atoms with E-state index in [4.69, 9.17) is 21.3 Å². The zero-order valence-electron chi connectivity index (χ0n) is 26.7. The topological polar surface area (TPSA) is 69.4 Å². The van der Waals surface area contributed by atoms with Crippen molar-refractivity contribution in [2.24, 2.45) is 0 Å². The molecule has 0 bridgehead atoms. The number of nitrogens with zero attached hydrogens (tertiary/aromatic N) is 7. The van der Waals surface area contributed by atoms with Gasteiger partial charge >= 0.3 is 6.01 Å². The molecule has 6 rings (SSSR count). The normalized spacial score (nSPS) is 19.0. The lowest BCUT2D eigenvalue weighted by atomic mass is 9.94. The van der Waals surface area contributed by atoms with E-state index in [0.29, 0.717) is 44.8 Å². The molecule has 3 aromatic rings. The number of likely N-dealkylation sites (N-methyl/N-ethyl adjacent to an activating group) is 1. The molecule has 9 nitrogen and oxygen atoms in total. The molecule has 1 atom stereocenters. The number of rotatable bonds is 9. The molecule has 236 valence electrons. The van der Waals surface area contributed by atoms with Crippen LogP contribution in [0.4, 0.5) is 11.5 Å². The minimum absolute atomic E-state index is 0.125. The fraction of sp³-hybridized carbons (Fsp3) is 0.500. The molecule has 3 aliphatic rings. The third-order valence-corrected chi connectivity index (χ3v) is 9.87. The predicted molar refractivity (Wildman–Crippen MR) is 180 cm³/mol. The molecule has 9 heteroatoms. The average molecular weight is 608 g/mol. The number of aryl methyl sites for hydroxylation is 1. The van der Waals surface area contributed by atoms with Gasteiger partial charge in [-0.1, -0.05) is 56.2 Å². The Labute approximate surface area is 267 Å². The van der Waals surface area contributed by atoms with E-state index in [1.807, 2.05) is 0 Å². The largest absolute Gasteiger partial charge is 0.462 e. The number of carbonyl (C=O) groups excluding carboxylic acids is 1. The third-order valence-electron chi connectivity index (χ3n) is 9.87. The number of ether oxygens (including phenoxy) is 1. The van der Waals surface area contributed by atoms with E-state index in [9.17, 15) is 4.79 Å². The van der Waals surface area contributed by atoms with E-state index in [2.05, 4.69) is 76.5 Å². The van der Waals surface area contributed by atoms with Gasteiger partial charge in [0, 0.05) is 55.4 Å². The molecule has 1 saturated carbocycles. The number of benzene rings is 2. The molecular weight excluding hydrogens is 562 g/mol. The van der Waals surface area contributed by atoms with Gasteiger partial charge in [0.2, 0.25) is 12.5 Å². The van der Waals surface area contributed by atoms with Gasteiger partial charge in [0.15, 0.2) is 0 Å². The Morgan fingerprint density at radius 3 is 2.69 bits per heavy atom. The van der Waals surface area contributed by atoms with Crippen LogP contribution in [0.25, 0.3) is 15.6 Å². The monoisotopic (exact) mass is 607 g/mol. The number of fused-ring (bicyclic) bond motifs is 2. The van der Waals surface area contributed by atoms with Crippen LogP contribution >= 0.6 is 0 Å². The maximum Gasteiger partial charge on any atom is 0.318 e. The Bertz CT molecular complexity index is 1570. The van der Waals surface area contributed by atoms with Gasteiger partial charge in [-0.05, 0) is 56.3 Å². The summed E-state index contributed by atoms with van der Waals surface area (Å²) in [6.07, 6.45) is 8.61. The van der Waals surface area contributed by atoms with Gasteiger partial charge < -0.3 is 29.2 Å². The summed E-state index contributed by atoms with van der Waals surface area (Å²) in [4.78, 5) is 35.2. The number of anilines is 2. The van der Waals surface area contributed by atoms with Crippen LogP contribution < -0.4 is 14.5 Å². The Balaban J connectivity index is 1.29. The molecule has 2 aromatic carbocycles. The highest BCUT2D eigenvalue weighted by atomic mass is 16.5. The van der Waals surface area contributed by atoms with Crippen molar-refractivity contribution >= 4 is 28.2 Å². The van der Waals surface area contributed by atoms with Gasteiger partial charge in [-0.15, -0.1) is 0 Å². The first-order valence-electron chi connectivity index (χ1n) is 16.4. The first-order chi connectivity index (χ1) is 22.0. The number of aromatic nitrogens is 2. The summed E-state index contributed by atoms with van der Waals surface area (Å²) in [5.41, 5.74) is 4.61. The Morgan fingerprint density at radius 1 is 1.11 bits per heavy atom. The van der Waals surface area contributed by atoms with Crippen molar-refractivity contribution < 1.29 is 9.53 Å². The standard InChI is InChI=1S/C36H45N7O2/c1-5-33(44)43-20-19-42(24-29(43)23-37-3)35-30-17-18-41(32-16-10-13-27-12-9-11-26(2)34(27)32)25-31(30)38-36(39-35)45-22-21-40(4)28-14-7-6-8-15-28/h5,9-13,16,28-29H,1,6-8,14-15,17-25H2,2,4H3. The number of piperazine rings is 1. The highest BCUT2D eigenvalue weighted by molar-refractivity contribution is 5.97. The van der Waals surface area contributed by atoms with Gasteiger partial charge in [0.25, 0.3) is 0 Å². The van der Waals surface area contributed by atoms with Gasteiger partial charge in [-0.25, -0.2) is 6.57 Å². The Hall–Kier alpha value is -4.16. The number of hydrogen-bond donors (Lipinski definition) is 0. The fourth-order valence-electron chi connectivity index (χ4n) is 7.39. The smallest absolute Gasteiger partial charge is 0.318 e. The van der Waals surface area contributed by atoms with Crippen molar-refractivity contribution in [2.75, 3.05) is 62.7 Å². The lowest BCUT2D eigenvalue weighted by Crippen LogP contribution is -2.56. The molecule has 0 N–H and O–H groups in total. The van der Waals surface area contributed by atoms with Crippen LogP contribution in [-0.4, -0.2) is 90.7 Å². The molecule has 45 heavy (non-hydrogen) atoms. The molecule has 1 aliphatic carbocycles. The molecule has 1 aromatic heterocycles. The summed E-state index contributed by atoms with van der Waals surface area (Å²) >= 11 is 0. The predicted octanol–water partition coefficient (Wildman–Crippen LogP) is 5.27. The van der Waals surface area contributed by atoms with Crippen LogP contribution in [0.3, 0.4) is 0 Å². The zero-order chi connectivity index (χ0) is 31.3. The van der Waals surface area contributed by atoms with Crippen LogP contribution in [0.1, 0.15) is 48.9 Å². The minimum Gasteiger partial charge on any atom is -0.462 e. The quantitative estimate of drug-likeness (QED) is 0.243. The first-order valence-corrected chi connectivity index (χ1v) is 16.4. The first kappa shape index (κ1) is 30.8. The maximum atomic E-state index is 12.6. The van der Waals surface area contributed by atoms with E-state index in [1.165, 1.54) is 60.2 Å². The summed E-state index contributed by atoms with van der Waals surface area (Å²) < 4.78 is 6.31. The molecule has 0 spiro atoms. The highest BCUT2D eigenvalue weighted by Crippen LogP contribution is 2.36. The lowest BCUT2D eigenvalue weighted by molar-refractivity contribution is -0.128. The number of carbonyl (C=O) groups is 1. The summed E-state index contributed by atoms with van der Waals surface area (Å²) in [7, 11) is 2.20. The summed E-state index contributed by atoms with van der Waals surface area (Å²) in [6.45, 7) is 18.2. The van der Waals surface area contributed by atoms with Crippen LogP contribution in [0.15, 0.2) is 49.1 Å². The Morgan fingerprint density at radius 2 is 1.91 bits per heavy atom. The number of amides is 1. The van der Waals surface area contributed by atoms with Crippen LogP contribution in [0.5, 0.6) is 6.01 Å². The van der Waals surface area contributed by atoms with Crippen LogP contribution in [0.2, 0.25) is 0 Å². The minimum atomic E-state index is -0.223. The second kappa shape index (κ2) is 13.9. The molecule has 2 aliphatic heterocycles. The average Bonchev–Trinajstić information content (AvgIpc) is 3.07. The second-order valence-electron chi connectivity index (χ2n) is 12.7. The van der Waals surface area contributed by atoms with E-state index in [-0.39, 0.29) is 18.5 Å². The SMILES string of the molecule is [C-]#[N+]CC1CN(c2nc(OCCN(C)C3CCCCC3)nc3c2CCN(c2cccc4cccc(C)c24)C3)CCN1C(=O)C=C. The molecule has 1 saturated heterocycles. The van der Waals surface area contributed by atoms with Crippen molar-refractivity contribution in [1.82, 2.24) is 19.8 Å². The molecule has 2 fully saturated rings. The molecule has 3 heterocycles. The number of hydrogen-bond acceptors (Lipinski definition) is 7. The summed E-state index contributed by atoms with van der Waals surface area (Å²) in [5.74, 6) is 0.755. The molecule has 1 unspecified atom stereocenters. The van der Waals surface area contributed by atoms with Crippen molar-refractivity contribution in [1.29, 1.82) is 0 Å². The van der Waals surface area contributed by atoms with Gasteiger partial charge in [0.05, 0.1) is 12.2 Å². The lowest BCUT2D eigenvalue weighted by Gasteiger charge is -2.41. The third kappa shape index (κ3) is 6.62. The van der Waals surface area contributed by atoms with Crippen LogP contribution in [-0.2, 0) is 17.8 Å². The highest BCUT2D eigenvalue weighted by Gasteiger charge is 2.35. The van der Waals surface area contributed by atoms with Gasteiger partial charge in [-0.2, -0.15) is 9.97 Å². The molecular formula is C36H45N7O2. The van der Waals surface area contributed by atoms with E-state index < -0.39 is 0 Å². The van der Waals surface area contributed by atoms with Gasteiger partial charge in [0.1, 0.15) is 18.5 Å². The fourth-order valence-corrected chi connectivity index (χ4v) is 7.39. The summed E-state index contributed by atoms with van der Waals surface area (Å²) in [5, 5.41) is 2.52. The Kier molecular flexibility index (Phi) is 9.50. The maximum absolute atomic E-state index is 12.6. The van der Waals surface area contributed by atoms with E-state index in [1.54, 1.807) is 4.90 Å². The second-order valence-corrected chi connectivity index (χ2v) is 12.7. The van der Waals surface area contributed by atoms with Crippen LogP contribution in [0, 0.1) is 13.5 Å². The van der Waals surface area contributed by atoms with Crippen molar-refractivity contribution in [2.45, 2.75) is 64.1 Å². The van der Waals surface area contributed by atoms with Crippen molar-refractivity contribution in [3.05, 3.63) is 77.3 Å². The molecule has 1 amide bonds.